The van der Waals surface area contributed by atoms with Crippen molar-refractivity contribution in [2.45, 2.75) is 39.4 Å². The molecule has 16 heavy (non-hydrogen) atoms. The molecular formula is C14H23NO. The normalized spacial score (nSPS) is 15.1. The smallest absolute Gasteiger partial charge is 0.0950 e. The molecule has 0 bridgehead atoms. The number of nitrogens with two attached hydrogens (primary N) is 1. The van der Waals surface area contributed by atoms with Gasteiger partial charge in [-0.3, -0.25) is 0 Å². The summed E-state index contributed by atoms with van der Waals surface area (Å²) in [6.45, 7) is 7.07. The van der Waals surface area contributed by atoms with Gasteiger partial charge in [-0.15, -0.1) is 0 Å². The van der Waals surface area contributed by atoms with Crippen LogP contribution in [0.1, 0.15) is 38.9 Å². The summed E-state index contributed by atoms with van der Waals surface area (Å²) in [5.41, 5.74) is 6.93. The van der Waals surface area contributed by atoms with Gasteiger partial charge in [0.05, 0.1) is 12.2 Å². The summed E-state index contributed by atoms with van der Waals surface area (Å²) in [4.78, 5) is 0. The molecule has 1 aromatic rings. The van der Waals surface area contributed by atoms with Crippen LogP contribution in [0.3, 0.4) is 0 Å². The average Bonchev–Trinajstić information content (AvgIpc) is 2.26. The molecule has 0 amide bonds. The van der Waals surface area contributed by atoms with E-state index in [1.807, 2.05) is 18.2 Å². The van der Waals surface area contributed by atoms with Crippen LogP contribution in [-0.4, -0.2) is 12.6 Å². The summed E-state index contributed by atoms with van der Waals surface area (Å²) in [5, 5.41) is 0. The van der Waals surface area contributed by atoms with Crippen LogP contribution in [0.25, 0.3) is 0 Å². The van der Waals surface area contributed by atoms with Gasteiger partial charge < -0.3 is 10.5 Å². The topological polar surface area (TPSA) is 35.2 Å². The molecule has 0 fully saturated rings. The molecule has 0 aromatic heterocycles. The Bertz CT molecular complexity index is 284. The highest BCUT2D eigenvalue weighted by molar-refractivity contribution is 5.17. The summed E-state index contributed by atoms with van der Waals surface area (Å²) in [7, 11) is 0. The molecular weight excluding hydrogens is 198 g/mol. The van der Waals surface area contributed by atoms with Crippen molar-refractivity contribution in [1.29, 1.82) is 0 Å². The molecule has 2 N–H and O–H groups in total. The number of benzene rings is 1. The molecule has 0 spiro atoms. The Kier molecular flexibility index (Phi) is 5.50. The lowest BCUT2D eigenvalue weighted by atomic mass is 10.1. The molecule has 0 aliphatic carbocycles. The highest BCUT2D eigenvalue weighted by Gasteiger charge is 2.14. The van der Waals surface area contributed by atoms with E-state index in [9.17, 15) is 0 Å². The van der Waals surface area contributed by atoms with Crippen LogP contribution >= 0.6 is 0 Å². The van der Waals surface area contributed by atoms with Crippen molar-refractivity contribution in [2.75, 3.05) is 6.54 Å². The zero-order chi connectivity index (χ0) is 12.0. The second-order valence-corrected chi connectivity index (χ2v) is 4.71. The molecule has 0 aliphatic rings. The zero-order valence-electron chi connectivity index (χ0n) is 10.5. The van der Waals surface area contributed by atoms with Gasteiger partial charge in [-0.1, -0.05) is 44.2 Å². The Morgan fingerprint density at radius 2 is 1.75 bits per heavy atom. The molecule has 0 heterocycles. The third-order valence-corrected chi connectivity index (χ3v) is 2.59. The lowest BCUT2D eigenvalue weighted by Crippen LogP contribution is -2.21. The molecule has 2 unspecified atom stereocenters. The summed E-state index contributed by atoms with van der Waals surface area (Å²) >= 11 is 0. The van der Waals surface area contributed by atoms with Crippen molar-refractivity contribution in [3.63, 3.8) is 0 Å². The van der Waals surface area contributed by atoms with Crippen LogP contribution in [-0.2, 0) is 4.74 Å². The van der Waals surface area contributed by atoms with E-state index in [-0.39, 0.29) is 12.2 Å². The molecule has 0 aliphatic heterocycles. The molecule has 0 saturated heterocycles. The van der Waals surface area contributed by atoms with Crippen molar-refractivity contribution in [3.8, 4) is 0 Å². The second-order valence-electron chi connectivity index (χ2n) is 4.71. The Hall–Kier alpha value is -0.860. The van der Waals surface area contributed by atoms with E-state index >= 15 is 0 Å². The first kappa shape index (κ1) is 13.2. The van der Waals surface area contributed by atoms with Crippen LogP contribution in [0, 0.1) is 5.92 Å². The van der Waals surface area contributed by atoms with Gasteiger partial charge in [-0.2, -0.15) is 0 Å². The van der Waals surface area contributed by atoms with Crippen LogP contribution in [0.4, 0.5) is 0 Å². The van der Waals surface area contributed by atoms with E-state index in [1.54, 1.807) is 0 Å². The largest absolute Gasteiger partial charge is 0.369 e. The molecule has 90 valence electrons. The highest BCUT2D eigenvalue weighted by atomic mass is 16.5. The van der Waals surface area contributed by atoms with Gasteiger partial charge in [0.1, 0.15) is 0 Å². The Balaban J connectivity index is 2.56. The fourth-order valence-electron chi connectivity index (χ4n) is 1.94. The molecule has 0 saturated carbocycles. The highest BCUT2D eigenvalue weighted by Crippen LogP contribution is 2.20. The maximum absolute atomic E-state index is 5.97. The predicted molar refractivity (Wildman–Crippen MR) is 68.2 cm³/mol. The molecule has 0 radical (unpaired) electrons. The summed E-state index contributed by atoms with van der Waals surface area (Å²) < 4.78 is 5.97. The number of hydrogen-bond acceptors (Lipinski definition) is 2. The average molecular weight is 221 g/mol. The van der Waals surface area contributed by atoms with Gasteiger partial charge in [0.25, 0.3) is 0 Å². The van der Waals surface area contributed by atoms with Crippen molar-refractivity contribution in [3.05, 3.63) is 35.9 Å². The molecule has 1 aromatic carbocycles. The molecule has 1 rings (SSSR count). The monoisotopic (exact) mass is 221 g/mol. The van der Waals surface area contributed by atoms with Crippen molar-refractivity contribution < 1.29 is 4.74 Å². The van der Waals surface area contributed by atoms with Gasteiger partial charge >= 0.3 is 0 Å². The fraction of sp³-hybridized carbons (Fsp3) is 0.571. The minimum absolute atomic E-state index is 0.0231. The second kappa shape index (κ2) is 6.66. The Labute approximate surface area is 98.8 Å². The van der Waals surface area contributed by atoms with E-state index in [1.165, 1.54) is 5.56 Å². The lowest BCUT2D eigenvalue weighted by molar-refractivity contribution is -0.00840. The van der Waals surface area contributed by atoms with Crippen molar-refractivity contribution >= 4 is 0 Å². The minimum Gasteiger partial charge on any atom is -0.369 e. The van der Waals surface area contributed by atoms with Crippen LogP contribution in [0.5, 0.6) is 0 Å². The van der Waals surface area contributed by atoms with Crippen molar-refractivity contribution in [1.82, 2.24) is 0 Å². The maximum atomic E-state index is 5.97. The summed E-state index contributed by atoms with van der Waals surface area (Å²) in [6.07, 6.45) is 1.35. The lowest BCUT2D eigenvalue weighted by Gasteiger charge is -2.22. The predicted octanol–water partition coefficient (Wildman–Crippen LogP) is 3.14. The third kappa shape index (κ3) is 4.33. The summed E-state index contributed by atoms with van der Waals surface area (Å²) in [6, 6.07) is 10.2. The van der Waals surface area contributed by atoms with Crippen molar-refractivity contribution in [2.24, 2.45) is 11.7 Å². The third-order valence-electron chi connectivity index (χ3n) is 2.59. The van der Waals surface area contributed by atoms with E-state index in [0.717, 1.165) is 6.42 Å². The zero-order valence-corrected chi connectivity index (χ0v) is 10.5. The molecule has 2 nitrogen and oxygen atoms in total. The van der Waals surface area contributed by atoms with E-state index in [0.29, 0.717) is 12.5 Å². The first-order valence-electron chi connectivity index (χ1n) is 6.04. The molecule has 2 atom stereocenters. The van der Waals surface area contributed by atoms with Gasteiger partial charge in [0.15, 0.2) is 0 Å². The van der Waals surface area contributed by atoms with E-state index < -0.39 is 0 Å². The first-order valence-corrected chi connectivity index (χ1v) is 6.04. The van der Waals surface area contributed by atoms with Crippen LogP contribution < -0.4 is 5.73 Å². The van der Waals surface area contributed by atoms with Crippen LogP contribution in [0.15, 0.2) is 30.3 Å². The quantitative estimate of drug-likeness (QED) is 0.801. The van der Waals surface area contributed by atoms with Gasteiger partial charge in [0.2, 0.25) is 0 Å². The number of ether oxygens (including phenoxy) is 1. The molecule has 2 heteroatoms. The van der Waals surface area contributed by atoms with Gasteiger partial charge in [0, 0.05) is 6.54 Å². The first-order chi connectivity index (χ1) is 7.63. The van der Waals surface area contributed by atoms with Gasteiger partial charge in [-0.25, -0.2) is 0 Å². The Morgan fingerprint density at radius 1 is 1.12 bits per heavy atom. The maximum Gasteiger partial charge on any atom is 0.0950 e. The standard InChI is InChI=1S/C14H23NO/c1-11(2)9-12(3)16-14(10-15)13-7-5-4-6-8-13/h4-8,11-12,14H,9-10,15H2,1-3H3. The van der Waals surface area contributed by atoms with Crippen LogP contribution in [0.2, 0.25) is 0 Å². The fourth-order valence-corrected chi connectivity index (χ4v) is 1.94. The van der Waals surface area contributed by atoms with E-state index in [2.05, 4.69) is 32.9 Å². The SMILES string of the molecule is CC(C)CC(C)OC(CN)c1ccccc1. The number of rotatable bonds is 6. The van der Waals surface area contributed by atoms with E-state index in [4.69, 9.17) is 10.5 Å². The van der Waals surface area contributed by atoms with Gasteiger partial charge in [-0.05, 0) is 24.8 Å². The number of hydrogen-bond donors (Lipinski definition) is 1. The Morgan fingerprint density at radius 3 is 2.25 bits per heavy atom. The summed E-state index contributed by atoms with van der Waals surface area (Å²) in [5.74, 6) is 0.657. The minimum atomic E-state index is 0.0231.